The molecule has 0 radical (unpaired) electrons. The standard InChI is InChI=1S/C16H20Cl2O5S/c17-12-6-5-11(13(18)8-12)4-2-1-3-7-24-10-16(23,15(21)22)9-14(19)20/h5-6,8,23H,1-4,7,9-10H2,(H,19,20)(H,21,22). The third kappa shape index (κ3) is 7.30. The molecule has 1 aromatic rings. The molecular formula is C16H20Cl2O5S. The Bertz CT molecular complexity index is 582. The number of aryl methyl sites for hydroxylation is 1. The Hall–Kier alpha value is -0.950. The number of aliphatic hydroxyl groups is 1. The van der Waals surface area contributed by atoms with Gasteiger partial charge in [0, 0.05) is 15.8 Å². The number of hydrogen-bond acceptors (Lipinski definition) is 4. The zero-order valence-electron chi connectivity index (χ0n) is 13.0. The fourth-order valence-electron chi connectivity index (χ4n) is 2.10. The Morgan fingerprint density at radius 1 is 1.12 bits per heavy atom. The number of carboxylic acid groups (broad SMARTS) is 2. The van der Waals surface area contributed by atoms with E-state index in [4.69, 9.17) is 33.4 Å². The van der Waals surface area contributed by atoms with Gasteiger partial charge in [-0.3, -0.25) is 4.79 Å². The highest BCUT2D eigenvalue weighted by molar-refractivity contribution is 7.99. The number of hydrogen-bond donors (Lipinski definition) is 3. The van der Waals surface area contributed by atoms with Gasteiger partial charge in [0.25, 0.3) is 0 Å². The van der Waals surface area contributed by atoms with Gasteiger partial charge in [-0.15, -0.1) is 0 Å². The van der Waals surface area contributed by atoms with Gasteiger partial charge in [0.2, 0.25) is 0 Å². The third-order valence-corrected chi connectivity index (χ3v) is 5.28. The molecule has 1 rings (SSSR count). The largest absolute Gasteiger partial charge is 0.481 e. The van der Waals surface area contributed by atoms with Crippen LogP contribution in [0.4, 0.5) is 0 Å². The fourth-order valence-corrected chi connectivity index (χ4v) is 3.72. The molecule has 1 atom stereocenters. The van der Waals surface area contributed by atoms with Crippen molar-refractivity contribution in [2.75, 3.05) is 11.5 Å². The molecule has 134 valence electrons. The number of thioether (sulfide) groups is 1. The molecule has 5 nitrogen and oxygen atoms in total. The molecule has 3 N–H and O–H groups in total. The fraction of sp³-hybridized carbons (Fsp3) is 0.500. The van der Waals surface area contributed by atoms with Crippen LogP contribution in [0.25, 0.3) is 0 Å². The van der Waals surface area contributed by atoms with Crippen LogP contribution in [-0.4, -0.2) is 44.4 Å². The highest BCUT2D eigenvalue weighted by Gasteiger charge is 2.38. The Morgan fingerprint density at radius 3 is 2.42 bits per heavy atom. The van der Waals surface area contributed by atoms with Crippen LogP contribution in [0.5, 0.6) is 0 Å². The van der Waals surface area contributed by atoms with E-state index in [1.807, 2.05) is 6.07 Å². The smallest absolute Gasteiger partial charge is 0.337 e. The van der Waals surface area contributed by atoms with Crippen molar-refractivity contribution in [3.63, 3.8) is 0 Å². The number of halogens is 2. The summed E-state index contributed by atoms with van der Waals surface area (Å²) in [6.45, 7) is 0. The van der Waals surface area contributed by atoms with E-state index in [1.54, 1.807) is 12.1 Å². The molecule has 0 amide bonds. The Balaban J connectivity index is 2.24. The third-order valence-electron chi connectivity index (χ3n) is 3.43. The maximum Gasteiger partial charge on any atom is 0.337 e. The number of carboxylic acids is 2. The summed E-state index contributed by atoms with van der Waals surface area (Å²) in [4.78, 5) is 21.6. The van der Waals surface area contributed by atoms with Crippen LogP contribution in [0.1, 0.15) is 31.2 Å². The number of benzene rings is 1. The first-order chi connectivity index (χ1) is 11.2. The molecule has 24 heavy (non-hydrogen) atoms. The van der Waals surface area contributed by atoms with Gasteiger partial charge in [-0.2, -0.15) is 11.8 Å². The molecule has 0 saturated heterocycles. The average Bonchev–Trinajstić information content (AvgIpc) is 2.47. The molecule has 0 aromatic heterocycles. The maximum atomic E-state index is 11.0. The van der Waals surface area contributed by atoms with Gasteiger partial charge in [0.05, 0.1) is 6.42 Å². The molecular weight excluding hydrogens is 375 g/mol. The molecule has 0 aliphatic heterocycles. The quantitative estimate of drug-likeness (QED) is 0.495. The van der Waals surface area contributed by atoms with E-state index < -0.39 is 24.0 Å². The lowest BCUT2D eigenvalue weighted by atomic mass is 10.0. The van der Waals surface area contributed by atoms with Crippen LogP contribution < -0.4 is 0 Å². The molecule has 0 spiro atoms. The predicted octanol–water partition coefficient (Wildman–Crippen LogP) is 3.73. The molecule has 0 saturated carbocycles. The van der Waals surface area contributed by atoms with Crippen molar-refractivity contribution in [2.24, 2.45) is 0 Å². The van der Waals surface area contributed by atoms with Crippen molar-refractivity contribution < 1.29 is 24.9 Å². The monoisotopic (exact) mass is 394 g/mol. The highest BCUT2D eigenvalue weighted by atomic mass is 35.5. The lowest BCUT2D eigenvalue weighted by molar-refractivity contribution is -0.162. The molecule has 1 unspecified atom stereocenters. The van der Waals surface area contributed by atoms with Crippen molar-refractivity contribution in [3.8, 4) is 0 Å². The van der Waals surface area contributed by atoms with Crippen LogP contribution in [0, 0.1) is 0 Å². The zero-order chi connectivity index (χ0) is 18.2. The van der Waals surface area contributed by atoms with Gasteiger partial charge in [-0.25, -0.2) is 4.79 Å². The summed E-state index contributed by atoms with van der Waals surface area (Å²) in [5.74, 6) is -2.32. The second kappa shape index (κ2) is 10.1. The average molecular weight is 395 g/mol. The zero-order valence-corrected chi connectivity index (χ0v) is 15.3. The van der Waals surface area contributed by atoms with Gasteiger partial charge in [0.15, 0.2) is 5.60 Å². The molecule has 8 heteroatoms. The predicted molar refractivity (Wildman–Crippen MR) is 96.2 cm³/mol. The minimum Gasteiger partial charge on any atom is -0.481 e. The van der Waals surface area contributed by atoms with E-state index in [0.29, 0.717) is 15.8 Å². The highest BCUT2D eigenvalue weighted by Crippen LogP contribution is 2.23. The van der Waals surface area contributed by atoms with E-state index in [9.17, 15) is 14.7 Å². The summed E-state index contributed by atoms with van der Waals surface area (Å²) in [5.41, 5.74) is -1.18. The molecule has 0 heterocycles. The van der Waals surface area contributed by atoms with Gasteiger partial charge < -0.3 is 15.3 Å². The first-order valence-electron chi connectivity index (χ1n) is 7.44. The lowest BCUT2D eigenvalue weighted by Crippen LogP contribution is -2.43. The van der Waals surface area contributed by atoms with Crippen molar-refractivity contribution in [1.29, 1.82) is 0 Å². The normalized spacial score (nSPS) is 13.5. The van der Waals surface area contributed by atoms with E-state index in [1.165, 1.54) is 11.8 Å². The Labute approximate surface area is 155 Å². The maximum absolute atomic E-state index is 11.0. The first kappa shape index (κ1) is 21.1. The number of rotatable bonds is 11. The summed E-state index contributed by atoms with van der Waals surface area (Å²) in [5, 5.41) is 28.7. The van der Waals surface area contributed by atoms with Crippen LogP contribution in [0.15, 0.2) is 18.2 Å². The van der Waals surface area contributed by atoms with Crippen LogP contribution >= 0.6 is 35.0 Å². The second-order valence-corrected chi connectivity index (χ2v) is 7.46. The van der Waals surface area contributed by atoms with Crippen LogP contribution in [0.3, 0.4) is 0 Å². The van der Waals surface area contributed by atoms with Crippen molar-refractivity contribution >= 4 is 46.9 Å². The topological polar surface area (TPSA) is 94.8 Å². The Kier molecular flexibility index (Phi) is 8.91. The number of unbranched alkanes of at least 4 members (excludes halogenated alkanes) is 2. The summed E-state index contributed by atoms with van der Waals surface area (Å²) in [6.07, 6.45) is 2.73. The van der Waals surface area contributed by atoms with E-state index in [0.717, 1.165) is 31.2 Å². The summed E-state index contributed by atoms with van der Waals surface area (Å²) in [7, 11) is 0. The Morgan fingerprint density at radius 2 is 1.83 bits per heavy atom. The van der Waals surface area contributed by atoms with Crippen molar-refractivity contribution in [3.05, 3.63) is 33.8 Å². The lowest BCUT2D eigenvalue weighted by Gasteiger charge is -2.20. The second-order valence-electron chi connectivity index (χ2n) is 5.51. The number of carbonyl (C=O) groups is 2. The number of aliphatic carboxylic acids is 2. The summed E-state index contributed by atoms with van der Waals surface area (Å²) < 4.78 is 0. The molecule has 0 aliphatic rings. The summed E-state index contributed by atoms with van der Waals surface area (Å²) >= 11 is 13.2. The van der Waals surface area contributed by atoms with Gasteiger partial charge in [-0.1, -0.05) is 35.7 Å². The van der Waals surface area contributed by atoms with Crippen LogP contribution in [0.2, 0.25) is 10.0 Å². The first-order valence-corrected chi connectivity index (χ1v) is 9.35. The van der Waals surface area contributed by atoms with E-state index in [2.05, 4.69) is 0 Å². The minimum atomic E-state index is -2.21. The molecule has 0 bridgehead atoms. The van der Waals surface area contributed by atoms with Crippen molar-refractivity contribution in [1.82, 2.24) is 0 Å². The molecule has 0 aliphatic carbocycles. The van der Waals surface area contributed by atoms with Crippen LogP contribution in [-0.2, 0) is 16.0 Å². The summed E-state index contributed by atoms with van der Waals surface area (Å²) in [6, 6.07) is 5.41. The SMILES string of the molecule is O=C(O)CC(O)(CSCCCCCc1ccc(Cl)cc1Cl)C(=O)O. The molecule has 0 fully saturated rings. The van der Waals surface area contributed by atoms with Gasteiger partial charge >= 0.3 is 11.9 Å². The van der Waals surface area contributed by atoms with Gasteiger partial charge in [-0.05, 0) is 42.7 Å². The molecule has 1 aromatic carbocycles. The van der Waals surface area contributed by atoms with E-state index in [-0.39, 0.29) is 5.75 Å². The van der Waals surface area contributed by atoms with Crippen molar-refractivity contribution in [2.45, 2.75) is 37.7 Å². The minimum absolute atomic E-state index is 0.141. The van der Waals surface area contributed by atoms with E-state index >= 15 is 0 Å². The van der Waals surface area contributed by atoms with Gasteiger partial charge in [0.1, 0.15) is 0 Å².